The number of nitrogens with zero attached hydrogens (tertiary/aromatic N) is 5. The van der Waals surface area contributed by atoms with Crippen LogP contribution in [0, 0.1) is 0 Å². The molecule has 2 fully saturated rings. The first-order chi connectivity index (χ1) is 13.7. The average Bonchev–Trinajstić information content (AvgIpc) is 3.10. The van der Waals surface area contributed by atoms with Gasteiger partial charge in [0.25, 0.3) is 0 Å². The van der Waals surface area contributed by atoms with Gasteiger partial charge in [0.15, 0.2) is 0 Å². The Morgan fingerprint density at radius 1 is 0.893 bits per heavy atom. The molecule has 0 bridgehead atoms. The van der Waals surface area contributed by atoms with E-state index in [0.717, 1.165) is 25.3 Å². The van der Waals surface area contributed by atoms with Crippen LogP contribution in [-0.2, 0) is 11.3 Å². The molecule has 2 aliphatic rings. The fourth-order valence-corrected chi connectivity index (χ4v) is 3.74. The Morgan fingerprint density at radius 2 is 1.61 bits per heavy atom. The second-order valence-electron chi connectivity index (χ2n) is 7.20. The van der Waals surface area contributed by atoms with Crippen molar-refractivity contribution in [3.63, 3.8) is 0 Å². The van der Waals surface area contributed by atoms with Gasteiger partial charge in [-0.3, -0.25) is 19.6 Å². The molecule has 28 heavy (non-hydrogen) atoms. The van der Waals surface area contributed by atoms with E-state index < -0.39 is 0 Å². The van der Waals surface area contributed by atoms with E-state index in [1.807, 2.05) is 47.4 Å². The summed E-state index contributed by atoms with van der Waals surface area (Å²) in [5.74, 6) is 0.0341. The van der Waals surface area contributed by atoms with Gasteiger partial charge in [0.2, 0.25) is 5.91 Å². The van der Waals surface area contributed by atoms with Crippen LogP contribution in [0.15, 0.2) is 54.9 Å². The summed E-state index contributed by atoms with van der Waals surface area (Å²) in [4.78, 5) is 37.0. The van der Waals surface area contributed by atoms with Gasteiger partial charge in [0, 0.05) is 63.9 Å². The smallest absolute Gasteiger partial charge is 0.325 e. The molecule has 1 aromatic heterocycles. The molecule has 0 saturated carbocycles. The molecular formula is C21H25N5O2. The molecule has 7 nitrogen and oxygen atoms in total. The molecule has 0 radical (unpaired) electrons. The third kappa shape index (κ3) is 4.14. The van der Waals surface area contributed by atoms with Gasteiger partial charge in [-0.2, -0.15) is 0 Å². The molecule has 2 aromatic rings. The Morgan fingerprint density at radius 3 is 2.32 bits per heavy atom. The van der Waals surface area contributed by atoms with Crippen LogP contribution in [0.4, 0.5) is 10.5 Å². The third-order valence-corrected chi connectivity index (χ3v) is 5.37. The van der Waals surface area contributed by atoms with Crippen LogP contribution in [-0.4, -0.2) is 77.4 Å². The third-order valence-electron chi connectivity index (χ3n) is 5.37. The van der Waals surface area contributed by atoms with Crippen LogP contribution in [0.5, 0.6) is 0 Å². The van der Waals surface area contributed by atoms with E-state index in [2.05, 4.69) is 9.88 Å². The molecule has 3 amide bonds. The van der Waals surface area contributed by atoms with Crippen molar-refractivity contribution in [2.75, 3.05) is 50.7 Å². The monoisotopic (exact) mass is 379 g/mol. The van der Waals surface area contributed by atoms with Crippen LogP contribution in [0.3, 0.4) is 0 Å². The SMILES string of the molecule is O=C(CN1CCN(c2ccccc2)C1=O)N1CCN(Cc2ccncc2)CC1. The van der Waals surface area contributed by atoms with Crippen molar-refractivity contribution >= 4 is 17.6 Å². The summed E-state index contributed by atoms with van der Waals surface area (Å²) in [6.07, 6.45) is 3.61. The Hall–Kier alpha value is -2.93. The van der Waals surface area contributed by atoms with E-state index in [9.17, 15) is 9.59 Å². The lowest BCUT2D eigenvalue weighted by Crippen LogP contribution is -2.51. The minimum atomic E-state index is -0.0872. The van der Waals surface area contributed by atoms with Gasteiger partial charge in [-0.1, -0.05) is 18.2 Å². The Balaban J connectivity index is 1.26. The summed E-state index contributed by atoms with van der Waals surface area (Å²) < 4.78 is 0. The number of pyridine rings is 1. The maximum absolute atomic E-state index is 12.7. The maximum Gasteiger partial charge on any atom is 0.325 e. The number of anilines is 1. The molecule has 0 aliphatic carbocycles. The molecule has 0 N–H and O–H groups in total. The molecule has 7 heteroatoms. The number of benzene rings is 1. The lowest BCUT2D eigenvalue weighted by Gasteiger charge is -2.35. The molecule has 1 aromatic carbocycles. The normalized spacial score (nSPS) is 18.0. The highest BCUT2D eigenvalue weighted by atomic mass is 16.2. The summed E-state index contributed by atoms with van der Waals surface area (Å²) >= 11 is 0. The topological polar surface area (TPSA) is 60.0 Å². The quantitative estimate of drug-likeness (QED) is 0.793. The zero-order chi connectivity index (χ0) is 19.3. The van der Waals surface area contributed by atoms with Crippen molar-refractivity contribution in [1.29, 1.82) is 0 Å². The number of carbonyl (C=O) groups is 2. The number of hydrogen-bond donors (Lipinski definition) is 0. The summed E-state index contributed by atoms with van der Waals surface area (Å²) in [7, 11) is 0. The first kappa shape index (κ1) is 18.4. The lowest BCUT2D eigenvalue weighted by molar-refractivity contribution is -0.133. The van der Waals surface area contributed by atoms with Crippen molar-refractivity contribution in [2.45, 2.75) is 6.54 Å². The first-order valence-electron chi connectivity index (χ1n) is 9.71. The predicted molar refractivity (Wildman–Crippen MR) is 107 cm³/mol. The Bertz CT molecular complexity index is 806. The standard InChI is InChI=1S/C21H25N5O2/c27-20(17-25-14-15-26(21(25)28)19-4-2-1-3-5-19)24-12-10-23(11-13-24)16-18-6-8-22-9-7-18/h1-9H,10-17H2. The molecule has 4 rings (SSSR count). The van der Waals surface area contributed by atoms with Gasteiger partial charge in [0.1, 0.15) is 6.54 Å². The van der Waals surface area contributed by atoms with E-state index in [1.54, 1.807) is 22.2 Å². The predicted octanol–water partition coefficient (Wildman–Crippen LogP) is 1.67. The second-order valence-corrected chi connectivity index (χ2v) is 7.20. The maximum atomic E-state index is 12.7. The Labute approximate surface area is 165 Å². The number of piperazine rings is 1. The van der Waals surface area contributed by atoms with Gasteiger partial charge in [0.05, 0.1) is 0 Å². The summed E-state index contributed by atoms with van der Waals surface area (Å²) in [6, 6.07) is 13.6. The number of hydrogen-bond acceptors (Lipinski definition) is 4. The molecule has 2 aliphatic heterocycles. The number of aromatic nitrogens is 1. The zero-order valence-corrected chi connectivity index (χ0v) is 15.9. The van der Waals surface area contributed by atoms with Gasteiger partial charge in [-0.05, 0) is 29.8 Å². The zero-order valence-electron chi connectivity index (χ0n) is 15.9. The van der Waals surface area contributed by atoms with Crippen molar-refractivity contribution in [2.24, 2.45) is 0 Å². The molecule has 2 saturated heterocycles. The molecule has 146 valence electrons. The minimum absolute atomic E-state index is 0.0341. The van der Waals surface area contributed by atoms with Crippen LogP contribution in [0.2, 0.25) is 0 Å². The summed E-state index contributed by atoms with van der Waals surface area (Å²) in [6.45, 7) is 5.34. The highest BCUT2D eigenvalue weighted by Gasteiger charge is 2.32. The molecule has 0 atom stereocenters. The van der Waals surface area contributed by atoms with Gasteiger partial charge in [-0.15, -0.1) is 0 Å². The van der Waals surface area contributed by atoms with Gasteiger partial charge in [-0.25, -0.2) is 4.79 Å². The molecule has 0 spiro atoms. The highest BCUT2D eigenvalue weighted by molar-refractivity contribution is 5.96. The largest absolute Gasteiger partial charge is 0.339 e. The highest BCUT2D eigenvalue weighted by Crippen LogP contribution is 2.20. The van der Waals surface area contributed by atoms with Crippen LogP contribution >= 0.6 is 0 Å². The number of amides is 3. The van der Waals surface area contributed by atoms with Crippen LogP contribution in [0.1, 0.15) is 5.56 Å². The molecular weight excluding hydrogens is 354 g/mol. The summed E-state index contributed by atoms with van der Waals surface area (Å²) in [5.41, 5.74) is 2.12. The second kappa shape index (κ2) is 8.39. The van der Waals surface area contributed by atoms with Gasteiger partial charge >= 0.3 is 6.03 Å². The van der Waals surface area contributed by atoms with Gasteiger partial charge < -0.3 is 9.80 Å². The average molecular weight is 379 g/mol. The van der Waals surface area contributed by atoms with Crippen molar-refractivity contribution in [3.8, 4) is 0 Å². The number of rotatable bonds is 5. The van der Waals surface area contributed by atoms with E-state index >= 15 is 0 Å². The lowest BCUT2D eigenvalue weighted by atomic mass is 10.2. The van der Waals surface area contributed by atoms with E-state index in [0.29, 0.717) is 26.2 Å². The van der Waals surface area contributed by atoms with Crippen molar-refractivity contribution < 1.29 is 9.59 Å². The number of carbonyl (C=O) groups excluding carboxylic acids is 2. The number of para-hydroxylation sites is 1. The molecule has 0 unspecified atom stereocenters. The number of urea groups is 1. The Kier molecular flexibility index (Phi) is 5.53. The summed E-state index contributed by atoms with van der Waals surface area (Å²) in [5, 5.41) is 0. The van der Waals surface area contributed by atoms with Crippen LogP contribution in [0.25, 0.3) is 0 Å². The van der Waals surface area contributed by atoms with E-state index in [-0.39, 0.29) is 18.5 Å². The van der Waals surface area contributed by atoms with E-state index in [4.69, 9.17) is 0 Å². The molecule has 3 heterocycles. The van der Waals surface area contributed by atoms with Crippen LogP contribution < -0.4 is 4.90 Å². The minimum Gasteiger partial charge on any atom is -0.339 e. The first-order valence-corrected chi connectivity index (χ1v) is 9.71. The van der Waals surface area contributed by atoms with Crippen molar-refractivity contribution in [3.05, 3.63) is 60.4 Å². The fraction of sp³-hybridized carbons (Fsp3) is 0.381. The van der Waals surface area contributed by atoms with Crippen molar-refractivity contribution in [1.82, 2.24) is 19.7 Å². The van der Waals surface area contributed by atoms with E-state index in [1.165, 1.54) is 5.56 Å². The fourth-order valence-electron chi connectivity index (χ4n) is 3.74.